The predicted molar refractivity (Wildman–Crippen MR) is 110 cm³/mol. The van der Waals surface area contributed by atoms with Gasteiger partial charge in [-0.05, 0) is 49.8 Å². The number of rotatable bonds is 7. The van der Waals surface area contributed by atoms with Crippen molar-refractivity contribution in [2.45, 2.75) is 51.6 Å². The molecule has 6 heteroatoms. The molecule has 0 unspecified atom stereocenters. The van der Waals surface area contributed by atoms with Crippen LogP contribution < -0.4 is 10.1 Å². The molecule has 27 heavy (non-hydrogen) atoms. The molecule has 5 nitrogen and oxygen atoms in total. The first-order valence-electron chi connectivity index (χ1n) is 9.90. The number of ether oxygens (including phenoxy) is 1. The Labute approximate surface area is 163 Å². The van der Waals surface area contributed by atoms with Gasteiger partial charge in [0.25, 0.3) is 0 Å². The summed E-state index contributed by atoms with van der Waals surface area (Å²) in [5.74, 6) is 1.07. The standard InChI is InChI=1S/C21H30N2O3S/c1-3-15-27(24,25)23-14-13-20(21(16-23)22-2)17-9-11-19(12-10-17)26-18-7-5-4-6-8-18/h9-13,16,18,22H,3-8,14-15H2,1-2H3. The van der Waals surface area contributed by atoms with E-state index in [1.165, 1.54) is 23.6 Å². The minimum Gasteiger partial charge on any atom is -0.490 e. The van der Waals surface area contributed by atoms with Crippen LogP contribution in [0.4, 0.5) is 0 Å². The van der Waals surface area contributed by atoms with Crippen LogP contribution in [-0.2, 0) is 10.0 Å². The molecule has 1 saturated carbocycles. The van der Waals surface area contributed by atoms with Crippen molar-refractivity contribution in [1.82, 2.24) is 9.62 Å². The SMILES string of the molecule is CCCS(=O)(=O)N1C=C(NC)C(c2ccc(OC3CCCCC3)cc2)=CC1. The molecule has 3 rings (SSSR count). The average molecular weight is 391 g/mol. The smallest absolute Gasteiger partial charge is 0.234 e. The first-order chi connectivity index (χ1) is 13.0. The molecule has 1 heterocycles. The molecule has 0 bridgehead atoms. The van der Waals surface area contributed by atoms with Crippen LogP contribution in [0.1, 0.15) is 51.0 Å². The minimum atomic E-state index is -3.25. The lowest BCUT2D eigenvalue weighted by Crippen LogP contribution is -2.32. The van der Waals surface area contributed by atoms with E-state index in [-0.39, 0.29) is 5.75 Å². The molecular weight excluding hydrogens is 360 g/mol. The van der Waals surface area contributed by atoms with Gasteiger partial charge in [-0.2, -0.15) is 0 Å². The van der Waals surface area contributed by atoms with Gasteiger partial charge in [-0.1, -0.05) is 31.6 Å². The number of benzene rings is 1. The van der Waals surface area contributed by atoms with Crippen molar-refractivity contribution in [2.75, 3.05) is 19.3 Å². The summed E-state index contributed by atoms with van der Waals surface area (Å²) in [5, 5.41) is 3.13. The van der Waals surface area contributed by atoms with Crippen LogP contribution >= 0.6 is 0 Å². The predicted octanol–water partition coefficient (Wildman–Crippen LogP) is 3.90. The van der Waals surface area contributed by atoms with Gasteiger partial charge in [0.05, 0.1) is 24.1 Å². The van der Waals surface area contributed by atoms with E-state index in [0.717, 1.165) is 35.4 Å². The second-order valence-electron chi connectivity index (χ2n) is 7.20. The van der Waals surface area contributed by atoms with Gasteiger partial charge in [-0.15, -0.1) is 0 Å². The van der Waals surface area contributed by atoms with Crippen molar-refractivity contribution >= 4 is 15.6 Å². The van der Waals surface area contributed by atoms with Gasteiger partial charge in [0.15, 0.2) is 0 Å². The zero-order chi connectivity index (χ0) is 19.3. The summed E-state index contributed by atoms with van der Waals surface area (Å²) in [6, 6.07) is 8.12. The van der Waals surface area contributed by atoms with E-state index in [1.54, 1.807) is 6.20 Å². The maximum Gasteiger partial charge on any atom is 0.234 e. The summed E-state index contributed by atoms with van der Waals surface area (Å²) in [5.41, 5.74) is 2.88. The molecule has 2 aliphatic rings. The fraction of sp³-hybridized carbons (Fsp3) is 0.524. The molecule has 0 saturated heterocycles. The Kier molecular flexibility index (Phi) is 6.47. The highest BCUT2D eigenvalue weighted by atomic mass is 32.2. The quantitative estimate of drug-likeness (QED) is 0.767. The Bertz CT molecular complexity index is 791. The second-order valence-corrected chi connectivity index (χ2v) is 9.24. The van der Waals surface area contributed by atoms with E-state index in [0.29, 0.717) is 19.1 Å². The normalized spacial score (nSPS) is 18.7. The van der Waals surface area contributed by atoms with E-state index in [2.05, 4.69) is 5.32 Å². The average Bonchev–Trinajstić information content (AvgIpc) is 2.69. The van der Waals surface area contributed by atoms with Crippen molar-refractivity contribution < 1.29 is 13.2 Å². The third-order valence-electron chi connectivity index (χ3n) is 5.15. The highest BCUT2D eigenvalue weighted by Crippen LogP contribution is 2.29. The summed E-state index contributed by atoms with van der Waals surface area (Å²) >= 11 is 0. The summed E-state index contributed by atoms with van der Waals surface area (Å²) in [4.78, 5) is 0. The number of likely N-dealkylation sites (N-methyl/N-ethyl adjacent to an activating group) is 1. The number of sulfonamides is 1. The second kappa shape index (κ2) is 8.83. The van der Waals surface area contributed by atoms with Crippen LogP contribution in [0.3, 0.4) is 0 Å². The molecule has 0 atom stereocenters. The number of hydrogen-bond acceptors (Lipinski definition) is 4. The number of nitrogens with one attached hydrogen (secondary N) is 1. The summed E-state index contributed by atoms with van der Waals surface area (Å²) in [6.45, 7) is 2.24. The lowest BCUT2D eigenvalue weighted by molar-refractivity contribution is 0.155. The summed E-state index contributed by atoms with van der Waals surface area (Å²) in [6.07, 6.45) is 10.7. The highest BCUT2D eigenvalue weighted by molar-refractivity contribution is 7.89. The first-order valence-corrected chi connectivity index (χ1v) is 11.5. The topological polar surface area (TPSA) is 58.6 Å². The van der Waals surface area contributed by atoms with Gasteiger partial charge >= 0.3 is 0 Å². The van der Waals surface area contributed by atoms with Gasteiger partial charge in [0.1, 0.15) is 5.75 Å². The van der Waals surface area contributed by atoms with Crippen LogP contribution in [-0.4, -0.2) is 38.2 Å². The van der Waals surface area contributed by atoms with E-state index in [4.69, 9.17) is 4.74 Å². The molecule has 1 aromatic rings. The maximum absolute atomic E-state index is 12.3. The summed E-state index contributed by atoms with van der Waals surface area (Å²) < 4.78 is 32.2. The van der Waals surface area contributed by atoms with Crippen LogP contribution in [0.2, 0.25) is 0 Å². The third-order valence-corrected chi connectivity index (χ3v) is 7.04. The fourth-order valence-corrected chi connectivity index (χ4v) is 5.01. The van der Waals surface area contributed by atoms with Gasteiger partial charge in [0, 0.05) is 18.8 Å². The zero-order valence-corrected chi connectivity index (χ0v) is 17.1. The number of hydrogen-bond donors (Lipinski definition) is 1. The van der Waals surface area contributed by atoms with Gasteiger partial charge in [-0.3, -0.25) is 4.31 Å². The molecule has 1 aliphatic heterocycles. The Morgan fingerprint density at radius 2 is 1.85 bits per heavy atom. The van der Waals surface area contributed by atoms with E-state index < -0.39 is 10.0 Å². The lowest BCUT2D eigenvalue weighted by Gasteiger charge is -2.26. The maximum atomic E-state index is 12.3. The molecule has 1 aliphatic carbocycles. The molecule has 148 valence electrons. The molecule has 0 amide bonds. The van der Waals surface area contributed by atoms with Gasteiger partial charge in [-0.25, -0.2) is 8.42 Å². The zero-order valence-electron chi connectivity index (χ0n) is 16.3. The van der Waals surface area contributed by atoms with Crippen molar-refractivity contribution in [1.29, 1.82) is 0 Å². The van der Waals surface area contributed by atoms with Gasteiger partial charge < -0.3 is 10.1 Å². The van der Waals surface area contributed by atoms with E-state index in [1.807, 2.05) is 44.3 Å². The molecule has 0 radical (unpaired) electrons. The van der Waals surface area contributed by atoms with Crippen molar-refractivity contribution in [3.8, 4) is 5.75 Å². The molecule has 1 N–H and O–H groups in total. The molecular formula is C21H30N2O3S. The van der Waals surface area contributed by atoms with Gasteiger partial charge in [0.2, 0.25) is 10.0 Å². The molecule has 1 fully saturated rings. The molecule has 0 aromatic heterocycles. The van der Waals surface area contributed by atoms with Crippen molar-refractivity contribution in [2.24, 2.45) is 0 Å². The molecule has 0 spiro atoms. The first kappa shape index (κ1) is 19.8. The van der Waals surface area contributed by atoms with Crippen molar-refractivity contribution in [3.05, 3.63) is 47.8 Å². The number of nitrogens with zero attached hydrogens (tertiary/aromatic N) is 1. The summed E-state index contributed by atoms with van der Waals surface area (Å²) in [7, 11) is -1.44. The van der Waals surface area contributed by atoms with Crippen molar-refractivity contribution in [3.63, 3.8) is 0 Å². The Balaban J connectivity index is 1.72. The lowest BCUT2D eigenvalue weighted by atomic mass is 9.97. The fourth-order valence-electron chi connectivity index (χ4n) is 3.69. The Morgan fingerprint density at radius 1 is 1.15 bits per heavy atom. The molecule has 1 aromatic carbocycles. The number of allylic oxidation sites excluding steroid dienone is 1. The van der Waals surface area contributed by atoms with Crippen LogP contribution in [0.25, 0.3) is 5.57 Å². The minimum absolute atomic E-state index is 0.164. The third kappa shape index (κ3) is 4.86. The van der Waals surface area contributed by atoms with E-state index >= 15 is 0 Å². The Morgan fingerprint density at radius 3 is 2.48 bits per heavy atom. The van der Waals surface area contributed by atoms with Crippen LogP contribution in [0, 0.1) is 0 Å². The largest absolute Gasteiger partial charge is 0.490 e. The highest BCUT2D eigenvalue weighted by Gasteiger charge is 2.23. The van der Waals surface area contributed by atoms with Crippen LogP contribution in [0.5, 0.6) is 5.75 Å². The monoisotopic (exact) mass is 390 g/mol. The van der Waals surface area contributed by atoms with E-state index in [9.17, 15) is 8.42 Å². The Hall–Kier alpha value is -1.95. The van der Waals surface area contributed by atoms with Crippen LogP contribution in [0.15, 0.2) is 42.2 Å².